The van der Waals surface area contributed by atoms with Crippen LogP contribution in [0.5, 0.6) is 0 Å². The van der Waals surface area contributed by atoms with E-state index in [1.165, 1.54) is 6.20 Å². The number of aryl methyl sites for hydroxylation is 1. The van der Waals surface area contributed by atoms with Gasteiger partial charge in [0.15, 0.2) is 0 Å². The number of aromatic amines is 1. The Morgan fingerprint density at radius 2 is 2.35 bits per heavy atom. The number of nitrogens with one attached hydrogen (secondary N) is 3. The first-order valence-corrected chi connectivity index (χ1v) is 6.70. The fourth-order valence-corrected chi connectivity index (χ4v) is 2.88. The van der Waals surface area contributed by atoms with Crippen LogP contribution in [0.15, 0.2) is 11.1 Å². The van der Waals surface area contributed by atoms with E-state index in [4.69, 9.17) is 11.1 Å². The van der Waals surface area contributed by atoms with E-state index in [0.717, 1.165) is 0 Å². The first-order chi connectivity index (χ1) is 7.86. The van der Waals surface area contributed by atoms with Crippen molar-refractivity contribution in [1.29, 1.82) is 5.41 Å². The molecule has 0 aliphatic rings. The minimum Gasteiger partial charge on any atom is -0.388 e. The minimum atomic E-state index is -3.60. The lowest BCUT2D eigenvalue weighted by atomic mass is 10.1. The maximum atomic E-state index is 12.0. The van der Waals surface area contributed by atoms with Gasteiger partial charge in [0, 0.05) is 12.5 Å². The third-order valence-electron chi connectivity index (χ3n) is 2.35. The molecule has 0 spiro atoms. The van der Waals surface area contributed by atoms with Gasteiger partial charge in [0.25, 0.3) is 0 Å². The van der Waals surface area contributed by atoms with Crippen LogP contribution in [-0.2, 0) is 10.0 Å². The number of hydrogen-bond acceptors (Lipinski definition) is 4. The predicted molar refractivity (Wildman–Crippen MR) is 64.3 cm³/mol. The lowest BCUT2D eigenvalue weighted by Crippen LogP contribution is -2.37. The Morgan fingerprint density at radius 3 is 2.76 bits per heavy atom. The first kappa shape index (κ1) is 13.7. The molecule has 0 aliphatic carbocycles. The van der Waals surface area contributed by atoms with Gasteiger partial charge in [0.2, 0.25) is 10.0 Å². The normalized spacial score (nSPS) is 13.5. The van der Waals surface area contributed by atoms with Crippen molar-refractivity contribution in [3.8, 4) is 0 Å². The average Bonchev–Trinajstić information content (AvgIpc) is 2.63. The SMILES string of the molecule is CCC(CC(=N)N)NS(=O)(=O)c1cn[nH]c1C. The Balaban J connectivity index is 2.86. The van der Waals surface area contributed by atoms with Crippen molar-refractivity contribution in [3.05, 3.63) is 11.9 Å². The third-order valence-corrected chi connectivity index (χ3v) is 3.99. The van der Waals surface area contributed by atoms with E-state index in [1.54, 1.807) is 6.92 Å². The van der Waals surface area contributed by atoms with Gasteiger partial charge in [-0.2, -0.15) is 5.10 Å². The van der Waals surface area contributed by atoms with E-state index in [2.05, 4.69) is 14.9 Å². The summed E-state index contributed by atoms with van der Waals surface area (Å²) in [5, 5.41) is 13.4. The van der Waals surface area contributed by atoms with Crippen LogP contribution in [0.2, 0.25) is 0 Å². The minimum absolute atomic E-state index is 0.0385. The molecule has 0 fully saturated rings. The van der Waals surface area contributed by atoms with Crippen molar-refractivity contribution < 1.29 is 8.42 Å². The van der Waals surface area contributed by atoms with Crippen molar-refractivity contribution in [2.24, 2.45) is 5.73 Å². The van der Waals surface area contributed by atoms with Gasteiger partial charge in [0.1, 0.15) is 4.90 Å². The van der Waals surface area contributed by atoms with Gasteiger partial charge in [-0.05, 0) is 13.3 Å². The molecule has 1 aromatic heterocycles. The molecule has 1 atom stereocenters. The lowest BCUT2D eigenvalue weighted by molar-refractivity contribution is 0.545. The Labute approximate surface area is 100 Å². The fraction of sp³-hybridized carbons (Fsp3) is 0.556. The van der Waals surface area contributed by atoms with Gasteiger partial charge in [-0.1, -0.05) is 6.92 Å². The lowest BCUT2D eigenvalue weighted by Gasteiger charge is -2.15. The summed E-state index contributed by atoms with van der Waals surface area (Å²) >= 11 is 0. The number of hydrogen-bond donors (Lipinski definition) is 4. The molecule has 0 saturated heterocycles. The number of rotatable bonds is 6. The molecule has 8 heteroatoms. The van der Waals surface area contributed by atoms with Gasteiger partial charge >= 0.3 is 0 Å². The molecule has 0 bridgehead atoms. The molecule has 0 aliphatic heterocycles. The topological polar surface area (TPSA) is 125 Å². The molecule has 1 aromatic rings. The molecule has 0 radical (unpaired) electrons. The van der Waals surface area contributed by atoms with Gasteiger partial charge in [-0.15, -0.1) is 0 Å². The smallest absolute Gasteiger partial charge is 0.244 e. The summed E-state index contributed by atoms with van der Waals surface area (Å²) in [7, 11) is -3.60. The number of H-pyrrole nitrogens is 1. The molecule has 0 amide bonds. The van der Waals surface area contributed by atoms with Crippen LogP contribution < -0.4 is 10.5 Å². The number of nitrogens with zero attached hydrogens (tertiary/aromatic N) is 1. The zero-order chi connectivity index (χ0) is 13.1. The molecule has 7 nitrogen and oxygen atoms in total. The highest BCUT2D eigenvalue weighted by molar-refractivity contribution is 7.89. The van der Waals surface area contributed by atoms with Gasteiger partial charge in [0.05, 0.1) is 17.7 Å². The third kappa shape index (κ3) is 3.53. The van der Waals surface area contributed by atoms with E-state index in [-0.39, 0.29) is 23.2 Å². The van der Waals surface area contributed by atoms with Crippen molar-refractivity contribution in [2.45, 2.75) is 37.6 Å². The Bertz CT molecular complexity index is 493. The van der Waals surface area contributed by atoms with Crippen molar-refractivity contribution in [2.75, 3.05) is 0 Å². The van der Waals surface area contributed by atoms with E-state index in [9.17, 15) is 8.42 Å². The largest absolute Gasteiger partial charge is 0.388 e. The highest BCUT2D eigenvalue weighted by atomic mass is 32.2. The van der Waals surface area contributed by atoms with Crippen LogP contribution >= 0.6 is 0 Å². The Morgan fingerprint density at radius 1 is 1.71 bits per heavy atom. The molecule has 5 N–H and O–H groups in total. The van der Waals surface area contributed by atoms with E-state index < -0.39 is 10.0 Å². The monoisotopic (exact) mass is 259 g/mol. The van der Waals surface area contributed by atoms with Crippen LogP contribution in [0.3, 0.4) is 0 Å². The fourth-order valence-electron chi connectivity index (χ4n) is 1.43. The van der Waals surface area contributed by atoms with Gasteiger partial charge in [-0.3, -0.25) is 10.5 Å². The van der Waals surface area contributed by atoms with Crippen LogP contribution in [0.25, 0.3) is 0 Å². The zero-order valence-electron chi connectivity index (χ0n) is 9.82. The van der Waals surface area contributed by atoms with Crippen molar-refractivity contribution in [3.63, 3.8) is 0 Å². The second-order valence-electron chi connectivity index (χ2n) is 3.82. The highest BCUT2D eigenvalue weighted by Gasteiger charge is 2.22. The molecule has 1 unspecified atom stereocenters. The zero-order valence-corrected chi connectivity index (χ0v) is 10.6. The van der Waals surface area contributed by atoms with Gasteiger partial charge in [-0.25, -0.2) is 13.1 Å². The van der Waals surface area contributed by atoms with Gasteiger partial charge < -0.3 is 5.73 Å². The van der Waals surface area contributed by atoms with E-state index >= 15 is 0 Å². The quantitative estimate of drug-likeness (QED) is 0.427. The summed E-state index contributed by atoms with van der Waals surface area (Å²) in [6.07, 6.45) is 2.03. The first-order valence-electron chi connectivity index (χ1n) is 5.22. The summed E-state index contributed by atoms with van der Waals surface area (Å²) in [4.78, 5) is 0.125. The highest BCUT2D eigenvalue weighted by Crippen LogP contribution is 2.12. The Kier molecular flexibility index (Phi) is 4.24. The maximum Gasteiger partial charge on any atom is 0.244 e. The summed E-state index contributed by atoms with van der Waals surface area (Å²) in [6, 6.07) is -0.369. The number of nitrogens with two attached hydrogens (primary N) is 1. The maximum absolute atomic E-state index is 12.0. The summed E-state index contributed by atoms with van der Waals surface area (Å²) < 4.78 is 26.5. The molecule has 0 aromatic carbocycles. The summed E-state index contributed by atoms with van der Waals surface area (Å²) in [6.45, 7) is 3.46. The summed E-state index contributed by atoms with van der Waals surface area (Å²) in [5.74, 6) is -0.0385. The van der Waals surface area contributed by atoms with Crippen molar-refractivity contribution >= 4 is 15.9 Å². The van der Waals surface area contributed by atoms with Crippen LogP contribution in [0.4, 0.5) is 0 Å². The number of sulfonamides is 1. The van der Waals surface area contributed by atoms with E-state index in [1.807, 2.05) is 6.92 Å². The molecule has 1 rings (SSSR count). The Hall–Kier alpha value is -1.41. The van der Waals surface area contributed by atoms with Crippen LogP contribution in [0.1, 0.15) is 25.5 Å². The molecule has 0 saturated carbocycles. The molecule has 17 heavy (non-hydrogen) atoms. The van der Waals surface area contributed by atoms with Crippen LogP contribution in [0, 0.1) is 12.3 Å². The second kappa shape index (κ2) is 5.28. The standard InChI is InChI=1S/C9H17N5O2S/c1-3-7(4-9(10)11)14-17(15,16)8-5-12-13-6(8)2/h5,7,14H,3-4H2,1-2H3,(H3,10,11)(H,12,13). The number of aromatic nitrogens is 2. The summed E-state index contributed by atoms with van der Waals surface area (Å²) in [5.41, 5.74) is 5.75. The van der Waals surface area contributed by atoms with E-state index in [0.29, 0.717) is 12.1 Å². The number of amidine groups is 1. The molecule has 1 heterocycles. The average molecular weight is 259 g/mol. The van der Waals surface area contributed by atoms with Crippen LogP contribution in [-0.4, -0.2) is 30.5 Å². The molecular formula is C9H17N5O2S. The molecular weight excluding hydrogens is 242 g/mol. The predicted octanol–water partition coefficient (Wildman–Crippen LogP) is 0.101. The second-order valence-corrected chi connectivity index (χ2v) is 5.50. The van der Waals surface area contributed by atoms with Crippen molar-refractivity contribution in [1.82, 2.24) is 14.9 Å². The molecule has 96 valence electrons.